The molecule has 0 amide bonds. The summed E-state index contributed by atoms with van der Waals surface area (Å²) in [6, 6.07) is 6.33. The Hall–Kier alpha value is -2.01. The number of rotatable bonds is 3. The zero-order valence-electron chi connectivity index (χ0n) is 9.63. The SMILES string of the molecule is Cc1ccc([N+](=O)[O-])cc1-c1nccc(CCl)n1. The van der Waals surface area contributed by atoms with Crippen LogP contribution in [0.1, 0.15) is 11.3 Å². The van der Waals surface area contributed by atoms with Gasteiger partial charge >= 0.3 is 0 Å². The van der Waals surface area contributed by atoms with Crippen LogP contribution in [0.25, 0.3) is 11.4 Å². The first-order valence-electron chi connectivity index (χ1n) is 5.25. The van der Waals surface area contributed by atoms with Crippen LogP contribution in [0.3, 0.4) is 0 Å². The minimum absolute atomic E-state index is 0.0236. The van der Waals surface area contributed by atoms with Crippen molar-refractivity contribution in [1.29, 1.82) is 0 Å². The van der Waals surface area contributed by atoms with E-state index >= 15 is 0 Å². The lowest BCUT2D eigenvalue weighted by Crippen LogP contribution is -1.96. The summed E-state index contributed by atoms with van der Waals surface area (Å²) >= 11 is 5.71. The first-order valence-corrected chi connectivity index (χ1v) is 5.78. The molecule has 1 heterocycles. The average Bonchev–Trinajstić information content (AvgIpc) is 2.39. The van der Waals surface area contributed by atoms with Crippen molar-refractivity contribution in [3.05, 3.63) is 51.8 Å². The van der Waals surface area contributed by atoms with Gasteiger partial charge in [-0.2, -0.15) is 0 Å². The standard InChI is InChI=1S/C12H10ClN3O2/c1-8-2-3-10(16(17)18)6-11(8)12-14-5-4-9(7-13)15-12/h2-6H,7H2,1H3. The van der Waals surface area contributed by atoms with Gasteiger partial charge in [0, 0.05) is 23.9 Å². The molecule has 18 heavy (non-hydrogen) atoms. The van der Waals surface area contributed by atoms with Crippen LogP contribution in [0.15, 0.2) is 30.5 Å². The van der Waals surface area contributed by atoms with Crippen molar-refractivity contribution in [2.45, 2.75) is 12.8 Å². The Morgan fingerprint density at radius 3 is 2.83 bits per heavy atom. The van der Waals surface area contributed by atoms with Crippen LogP contribution in [0.4, 0.5) is 5.69 Å². The highest BCUT2D eigenvalue weighted by atomic mass is 35.5. The fraction of sp³-hybridized carbons (Fsp3) is 0.167. The van der Waals surface area contributed by atoms with E-state index in [4.69, 9.17) is 11.6 Å². The molecule has 0 aliphatic rings. The minimum atomic E-state index is -0.436. The van der Waals surface area contributed by atoms with E-state index in [0.717, 1.165) is 5.56 Å². The Morgan fingerprint density at radius 2 is 2.17 bits per heavy atom. The minimum Gasteiger partial charge on any atom is -0.258 e. The number of hydrogen-bond donors (Lipinski definition) is 0. The second kappa shape index (κ2) is 5.10. The molecule has 0 fully saturated rings. The number of aryl methyl sites for hydroxylation is 1. The molecule has 92 valence electrons. The first-order chi connectivity index (χ1) is 8.61. The molecule has 2 rings (SSSR count). The molecule has 0 atom stereocenters. The highest BCUT2D eigenvalue weighted by Crippen LogP contribution is 2.25. The molecule has 6 heteroatoms. The van der Waals surface area contributed by atoms with Gasteiger partial charge in [0.15, 0.2) is 5.82 Å². The number of halogens is 1. The van der Waals surface area contributed by atoms with Crippen molar-refractivity contribution in [2.24, 2.45) is 0 Å². The molecule has 2 aromatic rings. The van der Waals surface area contributed by atoms with Gasteiger partial charge in [0.2, 0.25) is 0 Å². The Labute approximate surface area is 109 Å². The van der Waals surface area contributed by atoms with Gasteiger partial charge in [0.25, 0.3) is 5.69 Å². The molecule has 5 nitrogen and oxygen atoms in total. The number of aromatic nitrogens is 2. The van der Waals surface area contributed by atoms with Crippen molar-refractivity contribution in [2.75, 3.05) is 0 Å². The zero-order chi connectivity index (χ0) is 13.1. The molecule has 0 radical (unpaired) electrons. The maximum absolute atomic E-state index is 10.8. The largest absolute Gasteiger partial charge is 0.270 e. The van der Waals surface area contributed by atoms with Crippen molar-refractivity contribution in [1.82, 2.24) is 9.97 Å². The molecule has 0 spiro atoms. The Morgan fingerprint density at radius 1 is 1.39 bits per heavy atom. The molecule has 0 N–H and O–H groups in total. The molecule has 0 bridgehead atoms. The molecular weight excluding hydrogens is 254 g/mol. The Kier molecular flexibility index (Phi) is 3.53. The normalized spacial score (nSPS) is 10.3. The topological polar surface area (TPSA) is 68.9 Å². The van der Waals surface area contributed by atoms with E-state index in [1.807, 2.05) is 6.92 Å². The van der Waals surface area contributed by atoms with Crippen LogP contribution in [0, 0.1) is 17.0 Å². The molecule has 1 aromatic heterocycles. The highest BCUT2D eigenvalue weighted by molar-refractivity contribution is 6.16. The van der Waals surface area contributed by atoms with E-state index in [2.05, 4.69) is 9.97 Å². The third-order valence-corrected chi connectivity index (χ3v) is 2.80. The second-order valence-corrected chi connectivity index (χ2v) is 4.03. The summed E-state index contributed by atoms with van der Waals surface area (Å²) in [5, 5.41) is 10.8. The molecule has 0 aliphatic carbocycles. The van der Waals surface area contributed by atoms with Crippen LogP contribution < -0.4 is 0 Å². The van der Waals surface area contributed by atoms with Gasteiger partial charge in [-0.15, -0.1) is 11.6 Å². The van der Waals surface area contributed by atoms with Gasteiger partial charge < -0.3 is 0 Å². The van der Waals surface area contributed by atoms with Gasteiger partial charge in [-0.05, 0) is 18.6 Å². The quantitative estimate of drug-likeness (QED) is 0.485. The van der Waals surface area contributed by atoms with Crippen LogP contribution in [-0.2, 0) is 5.88 Å². The van der Waals surface area contributed by atoms with E-state index in [9.17, 15) is 10.1 Å². The fourth-order valence-corrected chi connectivity index (χ4v) is 1.71. The van der Waals surface area contributed by atoms with E-state index in [1.165, 1.54) is 12.1 Å². The summed E-state index contributed by atoms with van der Waals surface area (Å²) in [6.07, 6.45) is 1.60. The van der Waals surface area contributed by atoms with Gasteiger partial charge in [-0.25, -0.2) is 9.97 Å². The maximum Gasteiger partial charge on any atom is 0.270 e. The molecule has 0 unspecified atom stereocenters. The van der Waals surface area contributed by atoms with Gasteiger partial charge in [0.1, 0.15) is 0 Å². The van der Waals surface area contributed by atoms with Gasteiger partial charge in [-0.1, -0.05) is 6.07 Å². The maximum atomic E-state index is 10.8. The van der Waals surface area contributed by atoms with Crippen LogP contribution in [-0.4, -0.2) is 14.9 Å². The van der Waals surface area contributed by atoms with E-state index in [-0.39, 0.29) is 11.6 Å². The monoisotopic (exact) mass is 263 g/mol. The summed E-state index contributed by atoms with van der Waals surface area (Å²) in [7, 11) is 0. The van der Waals surface area contributed by atoms with Crippen molar-refractivity contribution >= 4 is 17.3 Å². The Balaban J connectivity index is 2.54. The summed E-state index contributed by atoms with van der Waals surface area (Å²) in [5.41, 5.74) is 2.24. The number of nitro benzene ring substituents is 1. The van der Waals surface area contributed by atoms with Crippen molar-refractivity contribution in [3.8, 4) is 11.4 Å². The number of benzene rings is 1. The van der Waals surface area contributed by atoms with Crippen molar-refractivity contribution in [3.63, 3.8) is 0 Å². The molecule has 0 saturated carbocycles. The smallest absolute Gasteiger partial charge is 0.258 e. The van der Waals surface area contributed by atoms with E-state index < -0.39 is 4.92 Å². The number of hydrogen-bond acceptors (Lipinski definition) is 4. The average molecular weight is 264 g/mol. The molecule has 0 saturated heterocycles. The van der Waals surface area contributed by atoms with Crippen LogP contribution >= 0.6 is 11.6 Å². The lowest BCUT2D eigenvalue weighted by Gasteiger charge is -2.05. The summed E-state index contributed by atoms with van der Waals surface area (Å²) in [5.74, 6) is 0.734. The summed E-state index contributed by atoms with van der Waals surface area (Å²) in [6.45, 7) is 1.86. The van der Waals surface area contributed by atoms with Crippen LogP contribution in [0.5, 0.6) is 0 Å². The summed E-state index contributed by atoms with van der Waals surface area (Å²) in [4.78, 5) is 18.7. The lowest BCUT2D eigenvalue weighted by molar-refractivity contribution is -0.384. The second-order valence-electron chi connectivity index (χ2n) is 3.76. The number of nitrogens with zero attached hydrogens (tertiary/aromatic N) is 3. The third kappa shape index (κ3) is 2.46. The third-order valence-electron chi connectivity index (χ3n) is 2.52. The number of nitro groups is 1. The van der Waals surface area contributed by atoms with Gasteiger partial charge in [0.05, 0.1) is 16.5 Å². The molecular formula is C12H10ClN3O2. The van der Waals surface area contributed by atoms with E-state index in [1.54, 1.807) is 18.3 Å². The fourth-order valence-electron chi connectivity index (χ4n) is 1.56. The first kappa shape index (κ1) is 12.4. The number of alkyl halides is 1. The Bertz CT molecular complexity index is 602. The molecule has 0 aliphatic heterocycles. The predicted octanol–water partition coefficient (Wildman–Crippen LogP) is 3.10. The van der Waals surface area contributed by atoms with Crippen molar-refractivity contribution < 1.29 is 4.92 Å². The summed E-state index contributed by atoms with van der Waals surface area (Å²) < 4.78 is 0. The van der Waals surface area contributed by atoms with Gasteiger partial charge in [-0.3, -0.25) is 10.1 Å². The highest BCUT2D eigenvalue weighted by Gasteiger charge is 2.12. The molecule has 1 aromatic carbocycles. The van der Waals surface area contributed by atoms with Crippen LogP contribution in [0.2, 0.25) is 0 Å². The predicted molar refractivity (Wildman–Crippen MR) is 68.4 cm³/mol. The lowest BCUT2D eigenvalue weighted by atomic mass is 10.1. The zero-order valence-corrected chi connectivity index (χ0v) is 10.4. The number of non-ortho nitro benzene ring substituents is 1. The van der Waals surface area contributed by atoms with E-state index in [0.29, 0.717) is 17.1 Å².